The molecule has 0 radical (unpaired) electrons. The lowest BCUT2D eigenvalue weighted by molar-refractivity contribution is 0.102. The number of benzene rings is 2. The third-order valence-electron chi connectivity index (χ3n) is 6.02. The molecule has 1 N–H and O–H groups in total. The Hall–Kier alpha value is -2.55. The normalized spacial score (nSPS) is 13.7. The van der Waals surface area contributed by atoms with Gasteiger partial charge >= 0.3 is 0 Å². The fourth-order valence-electron chi connectivity index (χ4n) is 3.98. The van der Waals surface area contributed by atoms with E-state index in [1.54, 1.807) is 7.05 Å². The van der Waals surface area contributed by atoms with E-state index < -0.39 is 10.0 Å². The van der Waals surface area contributed by atoms with Crippen molar-refractivity contribution in [2.75, 3.05) is 18.9 Å². The number of aromatic nitrogens is 1. The maximum atomic E-state index is 12.7. The number of carbonyl (C=O) groups excluding carboxylic acids is 1. The Labute approximate surface area is 199 Å². The van der Waals surface area contributed by atoms with E-state index in [1.807, 2.05) is 12.3 Å². The zero-order chi connectivity index (χ0) is 23.4. The lowest BCUT2D eigenvalue weighted by atomic mass is 9.90. The minimum Gasteiger partial charge on any atom is -0.298 e. The molecule has 2 aromatic carbocycles. The van der Waals surface area contributed by atoms with Crippen LogP contribution in [-0.4, -0.2) is 37.2 Å². The van der Waals surface area contributed by atoms with E-state index in [2.05, 4.69) is 28.5 Å². The predicted octanol–water partition coefficient (Wildman–Crippen LogP) is 5.36. The van der Waals surface area contributed by atoms with Crippen LogP contribution < -0.4 is 5.32 Å². The fourth-order valence-corrected chi connectivity index (χ4v) is 5.91. The van der Waals surface area contributed by atoms with Gasteiger partial charge in [0.15, 0.2) is 5.13 Å². The first-order valence-corrected chi connectivity index (χ1v) is 13.7. The molecular weight excluding hydrogens is 454 g/mol. The third kappa shape index (κ3) is 5.34. The van der Waals surface area contributed by atoms with E-state index in [-0.39, 0.29) is 10.8 Å². The minimum atomic E-state index is -3.56. The van der Waals surface area contributed by atoms with Crippen LogP contribution in [0.1, 0.15) is 54.1 Å². The third-order valence-corrected chi connectivity index (χ3v) is 8.65. The van der Waals surface area contributed by atoms with Gasteiger partial charge in [-0.15, -0.1) is 11.3 Å². The number of hydrogen-bond donors (Lipinski definition) is 1. The molecule has 0 atom stereocenters. The van der Waals surface area contributed by atoms with Gasteiger partial charge in [-0.2, -0.15) is 0 Å². The molecule has 174 valence electrons. The van der Waals surface area contributed by atoms with Crippen LogP contribution in [0.3, 0.4) is 0 Å². The summed E-state index contributed by atoms with van der Waals surface area (Å²) in [6.07, 6.45) is 6.45. The number of thiazole rings is 1. The van der Waals surface area contributed by atoms with Crippen LogP contribution >= 0.6 is 11.3 Å². The van der Waals surface area contributed by atoms with E-state index >= 15 is 0 Å². The molecule has 6 nitrogen and oxygen atoms in total. The first-order valence-electron chi connectivity index (χ1n) is 11.3. The Kier molecular flexibility index (Phi) is 7.26. The van der Waals surface area contributed by atoms with Gasteiger partial charge in [0.1, 0.15) is 0 Å². The van der Waals surface area contributed by atoms with Gasteiger partial charge in [-0.1, -0.05) is 25.5 Å². The van der Waals surface area contributed by atoms with Gasteiger partial charge in [-0.05, 0) is 73.6 Å². The average Bonchev–Trinajstić information content (AvgIpc) is 3.30. The predicted molar refractivity (Wildman–Crippen MR) is 133 cm³/mol. The number of anilines is 1. The van der Waals surface area contributed by atoms with Crippen LogP contribution in [-0.2, 0) is 22.9 Å². The van der Waals surface area contributed by atoms with E-state index in [0.717, 1.165) is 36.9 Å². The summed E-state index contributed by atoms with van der Waals surface area (Å²) in [5.41, 5.74) is 5.12. The highest BCUT2D eigenvalue weighted by atomic mass is 32.2. The van der Waals surface area contributed by atoms with Crippen molar-refractivity contribution >= 4 is 32.4 Å². The molecule has 3 aromatic rings. The number of sulfonamides is 1. The molecule has 4 rings (SSSR count). The molecule has 33 heavy (non-hydrogen) atoms. The van der Waals surface area contributed by atoms with Crippen molar-refractivity contribution in [1.29, 1.82) is 0 Å². The van der Waals surface area contributed by atoms with Gasteiger partial charge in [-0.3, -0.25) is 10.1 Å². The summed E-state index contributed by atoms with van der Waals surface area (Å²) in [4.78, 5) is 17.5. The Morgan fingerprint density at radius 1 is 1.09 bits per heavy atom. The lowest BCUT2D eigenvalue weighted by Crippen LogP contribution is -2.28. The summed E-state index contributed by atoms with van der Waals surface area (Å²) in [5.74, 6) is -0.315. The second kappa shape index (κ2) is 10.2. The molecule has 0 spiro atoms. The number of unbranched alkanes of at least 4 members (excludes halogenated alkanes) is 1. The van der Waals surface area contributed by atoms with Crippen molar-refractivity contribution in [3.05, 3.63) is 64.5 Å². The zero-order valence-electron chi connectivity index (χ0n) is 19.0. The fraction of sp³-hybridized carbons (Fsp3) is 0.360. The first kappa shape index (κ1) is 23.6. The van der Waals surface area contributed by atoms with Gasteiger partial charge in [0.25, 0.3) is 5.91 Å². The molecule has 8 heteroatoms. The molecule has 0 fully saturated rings. The number of hydrogen-bond acceptors (Lipinski definition) is 5. The Morgan fingerprint density at radius 3 is 2.55 bits per heavy atom. The summed E-state index contributed by atoms with van der Waals surface area (Å²) >= 11 is 1.38. The number of carbonyl (C=O) groups is 1. The van der Waals surface area contributed by atoms with E-state index in [9.17, 15) is 13.2 Å². The van der Waals surface area contributed by atoms with Crippen molar-refractivity contribution < 1.29 is 13.2 Å². The van der Waals surface area contributed by atoms with Crippen LogP contribution in [0.5, 0.6) is 0 Å². The lowest BCUT2D eigenvalue weighted by Gasteiger charge is -2.16. The second-order valence-corrected chi connectivity index (χ2v) is 11.3. The van der Waals surface area contributed by atoms with Crippen LogP contribution in [0.15, 0.2) is 52.7 Å². The van der Waals surface area contributed by atoms with Crippen molar-refractivity contribution in [2.45, 2.75) is 50.3 Å². The summed E-state index contributed by atoms with van der Waals surface area (Å²) in [5, 5.41) is 5.29. The zero-order valence-corrected chi connectivity index (χ0v) is 20.6. The van der Waals surface area contributed by atoms with Gasteiger partial charge in [0.2, 0.25) is 10.0 Å². The Bertz CT molecular complexity index is 1230. The van der Waals surface area contributed by atoms with Crippen LogP contribution in [0, 0.1) is 0 Å². The highest BCUT2D eigenvalue weighted by molar-refractivity contribution is 7.89. The number of rotatable bonds is 8. The molecule has 1 aliphatic carbocycles. The van der Waals surface area contributed by atoms with E-state index in [0.29, 0.717) is 17.2 Å². The van der Waals surface area contributed by atoms with Crippen LogP contribution in [0.25, 0.3) is 11.3 Å². The smallest absolute Gasteiger partial charge is 0.257 e. The minimum absolute atomic E-state index is 0.182. The number of nitrogens with zero attached hydrogens (tertiary/aromatic N) is 2. The monoisotopic (exact) mass is 483 g/mol. The molecule has 0 bridgehead atoms. The summed E-state index contributed by atoms with van der Waals surface area (Å²) in [7, 11) is -1.98. The second-order valence-electron chi connectivity index (χ2n) is 8.39. The highest BCUT2D eigenvalue weighted by Crippen LogP contribution is 2.30. The molecule has 0 unspecified atom stereocenters. The van der Waals surface area contributed by atoms with Crippen molar-refractivity contribution in [3.63, 3.8) is 0 Å². The van der Waals surface area contributed by atoms with Gasteiger partial charge in [-0.25, -0.2) is 17.7 Å². The van der Waals surface area contributed by atoms with Crippen LogP contribution in [0.2, 0.25) is 0 Å². The van der Waals surface area contributed by atoms with Crippen LogP contribution in [0.4, 0.5) is 5.13 Å². The molecule has 1 aromatic heterocycles. The first-order chi connectivity index (χ1) is 15.9. The van der Waals surface area contributed by atoms with Gasteiger partial charge in [0.05, 0.1) is 10.6 Å². The number of aryl methyl sites for hydroxylation is 2. The standard InChI is InChI=1S/C25H29N3O3S2/c1-3-4-15-28(2)33(30,31)22-13-11-19(12-14-22)24(29)27-25-26-23(17-32-25)21-10-9-18-7-5-6-8-20(18)16-21/h9-14,16-17H,3-8,15H2,1-2H3,(H,26,27,29). The average molecular weight is 484 g/mol. The Morgan fingerprint density at radius 2 is 1.82 bits per heavy atom. The quantitative estimate of drug-likeness (QED) is 0.468. The maximum absolute atomic E-state index is 12.7. The molecular formula is C25H29N3O3S2. The molecule has 0 saturated heterocycles. The summed E-state index contributed by atoms with van der Waals surface area (Å²) in [6.45, 7) is 2.49. The Balaban J connectivity index is 1.43. The molecule has 1 amide bonds. The topological polar surface area (TPSA) is 79.4 Å². The molecule has 0 saturated carbocycles. The number of fused-ring (bicyclic) bond motifs is 1. The van der Waals surface area contributed by atoms with Gasteiger partial charge in [0, 0.05) is 30.1 Å². The maximum Gasteiger partial charge on any atom is 0.257 e. The van der Waals surface area contributed by atoms with E-state index in [1.165, 1.54) is 63.9 Å². The van der Waals surface area contributed by atoms with E-state index in [4.69, 9.17) is 0 Å². The molecule has 1 heterocycles. The summed E-state index contributed by atoms with van der Waals surface area (Å²) in [6, 6.07) is 12.5. The van der Waals surface area contributed by atoms with Crippen molar-refractivity contribution in [3.8, 4) is 11.3 Å². The molecule has 1 aliphatic rings. The van der Waals surface area contributed by atoms with Crippen molar-refractivity contribution in [2.24, 2.45) is 0 Å². The SMILES string of the molecule is CCCCN(C)S(=O)(=O)c1ccc(C(=O)Nc2nc(-c3ccc4c(c3)CCCC4)cs2)cc1. The molecule has 0 aliphatic heterocycles. The highest BCUT2D eigenvalue weighted by Gasteiger charge is 2.21. The summed E-state index contributed by atoms with van der Waals surface area (Å²) < 4.78 is 26.7. The van der Waals surface area contributed by atoms with Crippen molar-refractivity contribution in [1.82, 2.24) is 9.29 Å². The largest absolute Gasteiger partial charge is 0.298 e. The number of nitrogens with one attached hydrogen (secondary N) is 1. The number of amides is 1. The van der Waals surface area contributed by atoms with Gasteiger partial charge < -0.3 is 0 Å².